The molecule has 1 aliphatic rings. The second-order valence-electron chi connectivity index (χ2n) is 2.38. The van der Waals surface area contributed by atoms with E-state index in [4.69, 9.17) is 11.2 Å². The molecule has 0 aromatic heterocycles. The molecule has 1 atom stereocenters. The van der Waals surface area contributed by atoms with Crippen LogP contribution in [0.15, 0.2) is 0 Å². The Kier molecular flexibility index (Phi) is 3.28. The molecular formula is C8H12NO. The second kappa shape index (κ2) is 4.32. The van der Waals surface area contributed by atoms with Gasteiger partial charge in [0.15, 0.2) is 0 Å². The van der Waals surface area contributed by atoms with Crippen LogP contribution in [-0.2, 0) is 4.74 Å². The predicted molar refractivity (Wildman–Crippen MR) is 39.7 cm³/mol. The van der Waals surface area contributed by atoms with Crippen molar-refractivity contribution in [3.63, 3.8) is 0 Å². The number of hydrogen-bond acceptors (Lipinski definition) is 1. The van der Waals surface area contributed by atoms with Gasteiger partial charge in [0.25, 0.3) is 0 Å². The summed E-state index contributed by atoms with van der Waals surface area (Å²) in [5.74, 6) is 2.60. The lowest BCUT2D eigenvalue weighted by Gasteiger charge is -2.20. The fraction of sp³-hybridized carbons (Fsp3) is 0.750. The van der Waals surface area contributed by atoms with Gasteiger partial charge in [-0.1, -0.05) is 0 Å². The summed E-state index contributed by atoms with van der Waals surface area (Å²) in [6, 6.07) is 0.366. The number of terminal acetylenes is 1. The highest BCUT2D eigenvalue weighted by molar-refractivity contribution is 4.86. The van der Waals surface area contributed by atoms with E-state index < -0.39 is 0 Å². The summed E-state index contributed by atoms with van der Waals surface area (Å²) in [5, 5.41) is 4.35. The minimum absolute atomic E-state index is 0.366. The summed E-state index contributed by atoms with van der Waals surface area (Å²) in [7, 11) is 0. The van der Waals surface area contributed by atoms with Crippen LogP contribution in [0.25, 0.3) is 0 Å². The maximum absolute atomic E-state index is 5.22. The molecule has 2 heteroatoms. The van der Waals surface area contributed by atoms with Crippen LogP contribution in [-0.4, -0.2) is 25.8 Å². The van der Waals surface area contributed by atoms with Gasteiger partial charge in [-0.05, 0) is 6.42 Å². The standard InChI is InChI=1S/C8H12NO/c1-2-3-4-8-7-10-6-5-9-8/h1,8H,3-7H2. The fourth-order valence-corrected chi connectivity index (χ4v) is 0.996. The molecule has 1 fully saturated rings. The highest BCUT2D eigenvalue weighted by Gasteiger charge is 2.12. The first-order chi connectivity index (χ1) is 4.93. The van der Waals surface area contributed by atoms with Gasteiger partial charge >= 0.3 is 0 Å². The van der Waals surface area contributed by atoms with E-state index in [2.05, 4.69) is 11.2 Å². The van der Waals surface area contributed by atoms with Crippen LogP contribution in [0.1, 0.15) is 12.8 Å². The van der Waals surface area contributed by atoms with Gasteiger partial charge in [-0.25, -0.2) is 5.32 Å². The molecule has 0 amide bonds. The van der Waals surface area contributed by atoms with Crippen LogP contribution < -0.4 is 5.32 Å². The Labute approximate surface area is 62.0 Å². The molecule has 1 saturated heterocycles. The van der Waals surface area contributed by atoms with E-state index in [1.54, 1.807) is 0 Å². The van der Waals surface area contributed by atoms with Crippen molar-refractivity contribution < 1.29 is 4.74 Å². The summed E-state index contributed by atoms with van der Waals surface area (Å²) in [5.41, 5.74) is 0. The summed E-state index contributed by atoms with van der Waals surface area (Å²) in [4.78, 5) is 0. The van der Waals surface area contributed by atoms with Crippen LogP contribution in [0, 0.1) is 12.3 Å². The molecule has 2 nitrogen and oxygen atoms in total. The summed E-state index contributed by atoms with van der Waals surface area (Å²) >= 11 is 0. The van der Waals surface area contributed by atoms with Crippen molar-refractivity contribution in [2.24, 2.45) is 0 Å². The average Bonchev–Trinajstić information content (AvgIpc) is 2.03. The van der Waals surface area contributed by atoms with Crippen LogP contribution >= 0.6 is 0 Å². The SMILES string of the molecule is C#CCCC1COCC[N]1. The summed E-state index contributed by atoms with van der Waals surface area (Å²) < 4.78 is 5.22. The largest absolute Gasteiger partial charge is 0.378 e. The van der Waals surface area contributed by atoms with Crippen LogP contribution in [0.4, 0.5) is 0 Å². The molecule has 1 radical (unpaired) electrons. The number of nitrogens with zero attached hydrogens (tertiary/aromatic N) is 1. The third kappa shape index (κ3) is 2.38. The highest BCUT2D eigenvalue weighted by Crippen LogP contribution is 2.01. The lowest BCUT2D eigenvalue weighted by Crippen LogP contribution is -2.35. The number of morpholine rings is 1. The van der Waals surface area contributed by atoms with Crippen LogP contribution in [0.5, 0.6) is 0 Å². The third-order valence-corrected chi connectivity index (χ3v) is 1.56. The first-order valence-corrected chi connectivity index (χ1v) is 3.61. The van der Waals surface area contributed by atoms with Crippen molar-refractivity contribution in [2.75, 3.05) is 19.8 Å². The van der Waals surface area contributed by atoms with Gasteiger partial charge in [-0.15, -0.1) is 12.3 Å². The first-order valence-electron chi connectivity index (χ1n) is 3.61. The quantitative estimate of drug-likeness (QED) is 0.507. The molecule has 0 N–H and O–H groups in total. The Morgan fingerprint density at radius 2 is 2.60 bits per heavy atom. The van der Waals surface area contributed by atoms with Crippen LogP contribution in [0.3, 0.4) is 0 Å². The van der Waals surface area contributed by atoms with Gasteiger partial charge < -0.3 is 4.74 Å². The average molecular weight is 138 g/mol. The Balaban J connectivity index is 2.09. The summed E-state index contributed by atoms with van der Waals surface area (Å²) in [6.45, 7) is 2.39. The van der Waals surface area contributed by atoms with Crippen molar-refractivity contribution in [1.82, 2.24) is 5.32 Å². The Hall–Kier alpha value is -0.520. The van der Waals surface area contributed by atoms with Crippen molar-refractivity contribution in [2.45, 2.75) is 18.9 Å². The Bertz CT molecular complexity index is 122. The zero-order valence-corrected chi connectivity index (χ0v) is 6.05. The second-order valence-corrected chi connectivity index (χ2v) is 2.38. The Morgan fingerprint density at radius 1 is 1.70 bits per heavy atom. The Morgan fingerprint density at radius 3 is 3.20 bits per heavy atom. The zero-order valence-electron chi connectivity index (χ0n) is 6.05. The monoisotopic (exact) mass is 138 g/mol. The molecule has 0 bridgehead atoms. The molecule has 1 rings (SSSR count). The van der Waals surface area contributed by atoms with E-state index in [9.17, 15) is 0 Å². The van der Waals surface area contributed by atoms with Gasteiger partial charge in [0.05, 0.1) is 13.2 Å². The van der Waals surface area contributed by atoms with E-state index in [0.29, 0.717) is 6.04 Å². The molecule has 0 aliphatic carbocycles. The van der Waals surface area contributed by atoms with Crippen molar-refractivity contribution in [1.29, 1.82) is 0 Å². The molecule has 0 aromatic carbocycles. The minimum Gasteiger partial charge on any atom is -0.378 e. The normalized spacial score (nSPS) is 25.7. The van der Waals surface area contributed by atoms with Gasteiger partial charge in [0, 0.05) is 19.0 Å². The lowest BCUT2D eigenvalue weighted by molar-refractivity contribution is 0.0724. The van der Waals surface area contributed by atoms with Crippen LogP contribution in [0.2, 0.25) is 0 Å². The van der Waals surface area contributed by atoms with E-state index in [1.807, 2.05) is 0 Å². The maximum Gasteiger partial charge on any atom is 0.0636 e. The van der Waals surface area contributed by atoms with E-state index >= 15 is 0 Å². The van der Waals surface area contributed by atoms with Gasteiger partial charge in [-0.2, -0.15) is 0 Å². The van der Waals surface area contributed by atoms with Crippen molar-refractivity contribution in [3.05, 3.63) is 0 Å². The molecule has 0 aromatic rings. The molecule has 0 spiro atoms. The van der Waals surface area contributed by atoms with Crippen molar-refractivity contribution in [3.8, 4) is 12.3 Å². The molecule has 1 unspecified atom stereocenters. The highest BCUT2D eigenvalue weighted by atomic mass is 16.5. The minimum atomic E-state index is 0.366. The van der Waals surface area contributed by atoms with E-state index in [-0.39, 0.29) is 0 Å². The predicted octanol–water partition coefficient (Wildman–Crippen LogP) is 0.403. The molecular weight excluding hydrogens is 126 g/mol. The molecule has 0 saturated carbocycles. The maximum atomic E-state index is 5.22. The zero-order chi connectivity index (χ0) is 7.23. The van der Waals surface area contributed by atoms with Crippen molar-refractivity contribution >= 4 is 0 Å². The molecule has 1 heterocycles. The number of ether oxygens (including phenoxy) is 1. The lowest BCUT2D eigenvalue weighted by atomic mass is 10.1. The van der Waals surface area contributed by atoms with Gasteiger partial charge in [-0.3, -0.25) is 0 Å². The molecule has 1 aliphatic heterocycles. The van der Waals surface area contributed by atoms with E-state index in [0.717, 1.165) is 32.6 Å². The molecule has 55 valence electrons. The summed E-state index contributed by atoms with van der Waals surface area (Å²) in [6.07, 6.45) is 6.91. The van der Waals surface area contributed by atoms with Gasteiger partial charge in [0.1, 0.15) is 0 Å². The fourth-order valence-electron chi connectivity index (χ4n) is 0.996. The smallest absolute Gasteiger partial charge is 0.0636 e. The first kappa shape index (κ1) is 7.59. The number of hydrogen-bond donors (Lipinski definition) is 0. The topological polar surface area (TPSA) is 23.3 Å². The van der Waals surface area contributed by atoms with Gasteiger partial charge in [0.2, 0.25) is 0 Å². The van der Waals surface area contributed by atoms with E-state index in [1.165, 1.54) is 0 Å². The molecule has 10 heavy (non-hydrogen) atoms. The number of rotatable bonds is 2. The third-order valence-electron chi connectivity index (χ3n) is 1.56.